The van der Waals surface area contributed by atoms with E-state index < -0.39 is 0 Å². The molecular formula is C15H13Cl2NO2. The molecular weight excluding hydrogens is 297 g/mol. The Morgan fingerprint density at radius 3 is 2.55 bits per heavy atom. The molecule has 2 N–H and O–H groups in total. The lowest BCUT2D eigenvalue weighted by molar-refractivity contribution is 0.0948. The number of carbonyl (C=O) groups excluding carboxylic acids is 1. The Labute approximate surface area is 127 Å². The quantitative estimate of drug-likeness (QED) is 0.902. The van der Waals surface area contributed by atoms with E-state index in [4.69, 9.17) is 23.2 Å². The van der Waals surface area contributed by atoms with Gasteiger partial charge >= 0.3 is 0 Å². The van der Waals surface area contributed by atoms with E-state index in [1.807, 2.05) is 6.92 Å². The third kappa shape index (κ3) is 3.44. The molecule has 2 aromatic rings. The SMILES string of the molecule is Cc1ccc(C(=O)NCc2ccc(Cl)c(Cl)c2)c(O)c1. The molecule has 2 rings (SSSR count). The van der Waals surface area contributed by atoms with E-state index >= 15 is 0 Å². The number of hydrogen-bond acceptors (Lipinski definition) is 2. The Morgan fingerprint density at radius 2 is 1.90 bits per heavy atom. The van der Waals surface area contributed by atoms with Gasteiger partial charge in [0.05, 0.1) is 15.6 Å². The van der Waals surface area contributed by atoms with Gasteiger partial charge in [-0.25, -0.2) is 0 Å². The fraction of sp³-hybridized carbons (Fsp3) is 0.133. The maximum absolute atomic E-state index is 12.0. The fourth-order valence-corrected chi connectivity index (χ4v) is 2.08. The molecule has 0 fully saturated rings. The molecule has 3 nitrogen and oxygen atoms in total. The van der Waals surface area contributed by atoms with Crippen LogP contribution < -0.4 is 5.32 Å². The van der Waals surface area contributed by atoms with Crippen LogP contribution in [0.4, 0.5) is 0 Å². The second kappa shape index (κ2) is 6.16. The predicted octanol–water partition coefficient (Wildman–Crippen LogP) is 3.94. The molecule has 0 heterocycles. The summed E-state index contributed by atoms with van der Waals surface area (Å²) in [6.07, 6.45) is 0. The molecule has 1 amide bonds. The van der Waals surface area contributed by atoms with E-state index in [0.29, 0.717) is 16.6 Å². The summed E-state index contributed by atoms with van der Waals surface area (Å²) < 4.78 is 0. The van der Waals surface area contributed by atoms with Gasteiger partial charge in [0.15, 0.2) is 0 Å². The molecule has 0 aliphatic rings. The van der Waals surface area contributed by atoms with Crippen LogP contribution in [-0.2, 0) is 6.54 Å². The molecule has 0 bridgehead atoms. The molecule has 0 spiro atoms. The first-order chi connectivity index (χ1) is 9.47. The largest absolute Gasteiger partial charge is 0.507 e. The van der Waals surface area contributed by atoms with E-state index in [1.54, 1.807) is 36.4 Å². The zero-order valence-corrected chi connectivity index (χ0v) is 12.3. The third-order valence-corrected chi connectivity index (χ3v) is 3.57. The molecule has 0 unspecified atom stereocenters. The first-order valence-electron chi connectivity index (χ1n) is 5.99. The van der Waals surface area contributed by atoms with Gasteiger partial charge in [-0.3, -0.25) is 4.79 Å². The Balaban J connectivity index is 2.06. The zero-order chi connectivity index (χ0) is 14.7. The maximum atomic E-state index is 12.0. The molecule has 20 heavy (non-hydrogen) atoms. The molecule has 0 saturated heterocycles. The van der Waals surface area contributed by atoms with Crippen LogP contribution in [0.25, 0.3) is 0 Å². The molecule has 2 aromatic carbocycles. The molecule has 0 saturated carbocycles. The maximum Gasteiger partial charge on any atom is 0.255 e. The minimum absolute atomic E-state index is 0.0309. The van der Waals surface area contributed by atoms with Crippen molar-refractivity contribution in [2.45, 2.75) is 13.5 Å². The number of aryl methyl sites for hydroxylation is 1. The molecule has 0 atom stereocenters. The summed E-state index contributed by atoms with van der Waals surface area (Å²) in [7, 11) is 0. The average molecular weight is 310 g/mol. The van der Waals surface area contributed by atoms with E-state index in [-0.39, 0.29) is 17.2 Å². The van der Waals surface area contributed by atoms with Gasteiger partial charge in [0.25, 0.3) is 5.91 Å². The number of nitrogens with one attached hydrogen (secondary N) is 1. The van der Waals surface area contributed by atoms with Gasteiger partial charge in [0, 0.05) is 6.54 Å². The first kappa shape index (κ1) is 14.7. The van der Waals surface area contributed by atoms with E-state index in [9.17, 15) is 9.90 Å². The van der Waals surface area contributed by atoms with E-state index in [0.717, 1.165) is 11.1 Å². The van der Waals surface area contributed by atoms with Crippen LogP contribution in [0.2, 0.25) is 10.0 Å². The van der Waals surface area contributed by atoms with Gasteiger partial charge in [-0.1, -0.05) is 35.3 Å². The van der Waals surface area contributed by atoms with E-state index in [2.05, 4.69) is 5.32 Å². The monoisotopic (exact) mass is 309 g/mol. The highest BCUT2D eigenvalue weighted by Gasteiger charge is 2.10. The number of amides is 1. The van der Waals surface area contributed by atoms with Gasteiger partial charge in [-0.2, -0.15) is 0 Å². The van der Waals surface area contributed by atoms with Gasteiger partial charge in [-0.15, -0.1) is 0 Å². The van der Waals surface area contributed by atoms with Crippen LogP contribution in [0.1, 0.15) is 21.5 Å². The van der Waals surface area contributed by atoms with Crippen molar-refractivity contribution < 1.29 is 9.90 Å². The second-order valence-corrected chi connectivity index (χ2v) is 5.27. The van der Waals surface area contributed by atoms with Crippen LogP contribution in [0.15, 0.2) is 36.4 Å². The minimum atomic E-state index is -0.339. The van der Waals surface area contributed by atoms with Crippen LogP contribution in [0, 0.1) is 6.92 Å². The Hall–Kier alpha value is -1.71. The van der Waals surface area contributed by atoms with Crippen molar-refractivity contribution in [2.24, 2.45) is 0 Å². The van der Waals surface area contributed by atoms with E-state index in [1.165, 1.54) is 0 Å². The Kier molecular flexibility index (Phi) is 4.53. The number of aromatic hydroxyl groups is 1. The lowest BCUT2D eigenvalue weighted by Crippen LogP contribution is -2.22. The van der Waals surface area contributed by atoms with Crippen molar-refractivity contribution in [1.29, 1.82) is 0 Å². The van der Waals surface area contributed by atoms with Crippen LogP contribution in [0.5, 0.6) is 5.75 Å². The molecule has 0 aromatic heterocycles. The van der Waals surface area contributed by atoms with Gasteiger partial charge < -0.3 is 10.4 Å². The lowest BCUT2D eigenvalue weighted by atomic mass is 10.1. The number of rotatable bonds is 3. The molecule has 0 aliphatic carbocycles. The summed E-state index contributed by atoms with van der Waals surface area (Å²) in [6, 6.07) is 10.1. The highest BCUT2D eigenvalue weighted by molar-refractivity contribution is 6.42. The normalized spacial score (nSPS) is 10.3. The summed E-state index contributed by atoms with van der Waals surface area (Å²) in [4.78, 5) is 12.0. The van der Waals surface area contributed by atoms with Crippen LogP contribution >= 0.6 is 23.2 Å². The number of phenols is 1. The molecule has 0 aliphatic heterocycles. The van der Waals surface area contributed by atoms with Crippen molar-refractivity contribution in [3.8, 4) is 5.75 Å². The fourth-order valence-electron chi connectivity index (χ4n) is 1.76. The molecule has 5 heteroatoms. The summed E-state index contributed by atoms with van der Waals surface area (Å²) in [5.41, 5.74) is 1.97. The van der Waals surface area contributed by atoms with Crippen LogP contribution in [0.3, 0.4) is 0 Å². The summed E-state index contributed by atoms with van der Waals surface area (Å²) in [5.74, 6) is -0.370. The zero-order valence-electron chi connectivity index (χ0n) is 10.8. The highest BCUT2D eigenvalue weighted by Crippen LogP contribution is 2.23. The molecule has 0 radical (unpaired) electrons. The van der Waals surface area contributed by atoms with Crippen molar-refractivity contribution in [3.63, 3.8) is 0 Å². The Morgan fingerprint density at radius 1 is 1.15 bits per heavy atom. The lowest BCUT2D eigenvalue weighted by Gasteiger charge is -2.08. The minimum Gasteiger partial charge on any atom is -0.507 e. The van der Waals surface area contributed by atoms with Crippen molar-refractivity contribution >= 4 is 29.1 Å². The first-order valence-corrected chi connectivity index (χ1v) is 6.74. The average Bonchev–Trinajstić information content (AvgIpc) is 2.40. The number of phenolic OH excluding ortho intramolecular Hbond substituents is 1. The molecule has 104 valence electrons. The van der Waals surface area contributed by atoms with Gasteiger partial charge in [0.1, 0.15) is 5.75 Å². The third-order valence-electron chi connectivity index (χ3n) is 2.83. The summed E-state index contributed by atoms with van der Waals surface area (Å²) in [6.45, 7) is 2.15. The van der Waals surface area contributed by atoms with Crippen LogP contribution in [-0.4, -0.2) is 11.0 Å². The summed E-state index contributed by atoms with van der Waals surface area (Å²) >= 11 is 11.7. The number of benzene rings is 2. The highest BCUT2D eigenvalue weighted by atomic mass is 35.5. The van der Waals surface area contributed by atoms with Crippen molar-refractivity contribution in [2.75, 3.05) is 0 Å². The smallest absolute Gasteiger partial charge is 0.255 e. The van der Waals surface area contributed by atoms with Crippen molar-refractivity contribution in [3.05, 3.63) is 63.1 Å². The number of carbonyl (C=O) groups is 1. The number of hydrogen-bond donors (Lipinski definition) is 2. The topological polar surface area (TPSA) is 49.3 Å². The summed E-state index contributed by atoms with van der Waals surface area (Å²) in [5, 5.41) is 13.4. The predicted molar refractivity (Wildman–Crippen MR) is 80.5 cm³/mol. The van der Waals surface area contributed by atoms with Gasteiger partial charge in [0.2, 0.25) is 0 Å². The Bertz CT molecular complexity index is 656. The van der Waals surface area contributed by atoms with Gasteiger partial charge in [-0.05, 0) is 42.3 Å². The van der Waals surface area contributed by atoms with Crippen molar-refractivity contribution in [1.82, 2.24) is 5.32 Å². The number of halogens is 2. The second-order valence-electron chi connectivity index (χ2n) is 4.45. The standard InChI is InChI=1S/C15H13Cl2NO2/c1-9-2-4-11(14(19)6-9)15(20)18-8-10-3-5-12(16)13(17)7-10/h2-7,19H,8H2,1H3,(H,18,20).